The molecule has 0 bridgehead atoms. The molecule has 0 unspecified atom stereocenters. The Morgan fingerprint density at radius 2 is 2.19 bits per heavy atom. The zero-order chi connectivity index (χ0) is 11.8. The number of hydrogen-bond acceptors (Lipinski definition) is 1. The minimum Gasteiger partial charge on any atom is -0.392 e. The van der Waals surface area contributed by atoms with Gasteiger partial charge in [-0.15, -0.1) is 0 Å². The summed E-state index contributed by atoms with van der Waals surface area (Å²) in [5.74, 6) is 1.26. The molecule has 2 atom stereocenters. The van der Waals surface area contributed by atoms with Crippen LogP contribution in [0.4, 0.5) is 0 Å². The Morgan fingerprint density at radius 1 is 1.44 bits per heavy atom. The van der Waals surface area contributed by atoms with Crippen molar-refractivity contribution >= 4 is 0 Å². The summed E-state index contributed by atoms with van der Waals surface area (Å²) in [6.07, 6.45) is 8.37. The number of allylic oxidation sites excluding steroid dienone is 2. The van der Waals surface area contributed by atoms with Crippen molar-refractivity contribution in [3.63, 3.8) is 0 Å². The predicted molar refractivity (Wildman–Crippen MR) is 68.2 cm³/mol. The van der Waals surface area contributed by atoms with Gasteiger partial charge in [-0.25, -0.2) is 0 Å². The monoisotopic (exact) mass is 220 g/mol. The van der Waals surface area contributed by atoms with E-state index >= 15 is 0 Å². The van der Waals surface area contributed by atoms with Gasteiger partial charge in [-0.3, -0.25) is 0 Å². The third-order valence-corrected chi connectivity index (χ3v) is 4.57. The Kier molecular flexibility index (Phi) is 3.25. The molecular weight excluding hydrogens is 196 g/mol. The van der Waals surface area contributed by atoms with Crippen LogP contribution in [0, 0.1) is 17.3 Å². The first kappa shape index (κ1) is 11.9. The second kappa shape index (κ2) is 4.37. The Balaban J connectivity index is 2.32. The fourth-order valence-corrected chi connectivity index (χ4v) is 3.46. The Hall–Kier alpha value is -0.560. The van der Waals surface area contributed by atoms with Crippen molar-refractivity contribution < 1.29 is 5.11 Å². The first-order valence-electron chi connectivity index (χ1n) is 6.52. The maximum atomic E-state index is 9.30. The minimum atomic E-state index is 0.242. The predicted octanol–water partition coefficient (Wildman–Crippen LogP) is 3.70. The van der Waals surface area contributed by atoms with Crippen LogP contribution >= 0.6 is 0 Å². The van der Waals surface area contributed by atoms with Gasteiger partial charge >= 0.3 is 0 Å². The van der Waals surface area contributed by atoms with E-state index in [0.717, 1.165) is 6.42 Å². The van der Waals surface area contributed by atoms with Gasteiger partial charge in [-0.05, 0) is 54.9 Å². The van der Waals surface area contributed by atoms with Crippen LogP contribution in [0.3, 0.4) is 0 Å². The fraction of sp³-hybridized carbons (Fsp3) is 0.733. The number of fused-ring (bicyclic) bond motifs is 1. The highest BCUT2D eigenvalue weighted by molar-refractivity contribution is 5.20. The van der Waals surface area contributed by atoms with Gasteiger partial charge in [-0.1, -0.05) is 32.1 Å². The molecule has 0 saturated heterocycles. The third kappa shape index (κ3) is 2.10. The summed E-state index contributed by atoms with van der Waals surface area (Å²) in [6.45, 7) is 9.28. The molecule has 0 aromatic rings. The van der Waals surface area contributed by atoms with Gasteiger partial charge in [0.2, 0.25) is 0 Å². The summed E-state index contributed by atoms with van der Waals surface area (Å²) < 4.78 is 0. The maximum absolute atomic E-state index is 9.30. The average molecular weight is 220 g/mol. The van der Waals surface area contributed by atoms with Crippen LogP contribution in [-0.4, -0.2) is 11.7 Å². The Labute approximate surface area is 99.3 Å². The van der Waals surface area contributed by atoms with Crippen molar-refractivity contribution in [3.05, 3.63) is 23.8 Å². The largest absolute Gasteiger partial charge is 0.392 e. The van der Waals surface area contributed by atoms with Gasteiger partial charge < -0.3 is 5.11 Å². The molecule has 16 heavy (non-hydrogen) atoms. The first-order chi connectivity index (χ1) is 7.54. The standard InChI is InChI=1S/C15H24O/c1-11-5-4-8-15(2,3)14-9-12(10-16)6-7-13(11)14/h9,13-14,16H,1,4-8,10H2,2-3H3/t13-,14+/m0/s1. The molecule has 1 fully saturated rings. The van der Waals surface area contributed by atoms with Crippen molar-refractivity contribution in [1.82, 2.24) is 0 Å². The summed E-state index contributed by atoms with van der Waals surface area (Å²) in [5.41, 5.74) is 3.05. The normalized spacial score (nSPS) is 33.9. The second-order valence-electron chi connectivity index (χ2n) is 6.15. The third-order valence-electron chi connectivity index (χ3n) is 4.57. The van der Waals surface area contributed by atoms with E-state index in [2.05, 4.69) is 26.5 Å². The molecule has 0 radical (unpaired) electrons. The molecule has 0 heterocycles. The minimum absolute atomic E-state index is 0.242. The molecule has 0 spiro atoms. The zero-order valence-corrected chi connectivity index (χ0v) is 10.6. The number of hydrogen-bond donors (Lipinski definition) is 1. The van der Waals surface area contributed by atoms with Gasteiger partial charge in [0.05, 0.1) is 6.61 Å². The van der Waals surface area contributed by atoms with Crippen molar-refractivity contribution in [2.45, 2.75) is 46.0 Å². The highest BCUT2D eigenvalue weighted by Crippen LogP contribution is 2.49. The van der Waals surface area contributed by atoms with Crippen molar-refractivity contribution in [2.24, 2.45) is 17.3 Å². The highest BCUT2D eigenvalue weighted by Gasteiger charge is 2.39. The van der Waals surface area contributed by atoms with Gasteiger partial charge in [0.1, 0.15) is 0 Å². The van der Waals surface area contributed by atoms with E-state index in [9.17, 15) is 5.11 Å². The zero-order valence-electron chi connectivity index (χ0n) is 10.6. The van der Waals surface area contributed by atoms with Crippen molar-refractivity contribution in [2.75, 3.05) is 6.61 Å². The Bertz CT molecular complexity index is 311. The van der Waals surface area contributed by atoms with E-state index in [4.69, 9.17) is 0 Å². The Morgan fingerprint density at radius 3 is 2.88 bits per heavy atom. The smallest absolute Gasteiger partial charge is 0.0641 e. The summed E-state index contributed by atoms with van der Waals surface area (Å²) in [7, 11) is 0. The lowest BCUT2D eigenvalue weighted by molar-refractivity contribution is 0.182. The van der Waals surface area contributed by atoms with Gasteiger partial charge in [0.15, 0.2) is 0 Å². The number of rotatable bonds is 1. The summed E-state index contributed by atoms with van der Waals surface area (Å²) in [5, 5.41) is 9.30. The van der Waals surface area contributed by atoms with E-state index in [0.29, 0.717) is 17.3 Å². The molecule has 2 aliphatic rings. The van der Waals surface area contributed by atoms with E-state index in [1.807, 2.05) is 0 Å². The van der Waals surface area contributed by atoms with E-state index in [1.54, 1.807) is 0 Å². The van der Waals surface area contributed by atoms with Crippen molar-refractivity contribution in [3.8, 4) is 0 Å². The van der Waals surface area contributed by atoms with E-state index < -0.39 is 0 Å². The molecule has 2 aliphatic carbocycles. The molecule has 1 N–H and O–H groups in total. The van der Waals surface area contributed by atoms with E-state index in [-0.39, 0.29) is 6.61 Å². The van der Waals surface area contributed by atoms with Crippen LogP contribution in [0.15, 0.2) is 23.8 Å². The van der Waals surface area contributed by atoms with Crippen LogP contribution < -0.4 is 0 Å². The lowest BCUT2D eigenvalue weighted by Crippen LogP contribution is -2.31. The molecule has 1 saturated carbocycles. The quantitative estimate of drug-likeness (QED) is 0.668. The van der Waals surface area contributed by atoms with Crippen molar-refractivity contribution in [1.29, 1.82) is 0 Å². The molecular formula is C15H24O. The van der Waals surface area contributed by atoms with Gasteiger partial charge in [0.25, 0.3) is 0 Å². The number of aliphatic hydroxyl groups is 1. The van der Waals surface area contributed by atoms with Crippen LogP contribution in [0.2, 0.25) is 0 Å². The van der Waals surface area contributed by atoms with Crippen LogP contribution in [0.5, 0.6) is 0 Å². The van der Waals surface area contributed by atoms with Gasteiger partial charge in [-0.2, -0.15) is 0 Å². The molecule has 1 heteroatoms. The summed E-state index contributed by atoms with van der Waals surface area (Å²) in [6, 6.07) is 0. The molecule has 90 valence electrons. The molecule has 0 aromatic carbocycles. The molecule has 0 aromatic heterocycles. The maximum Gasteiger partial charge on any atom is 0.0641 e. The number of aliphatic hydroxyl groups excluding tert-OH is 1. The SMILES string of the molecule is C=C1CCCC(C)(C)[C@@H]2C=C(CO)CC[C@@H]12. The lowest BCUT2D eigenvalue weighted by Gasteiger charge is -2.39. The van der Waals surface area contributed by atoms with Gasteiger partial charge in [0, 0.05) is 0 Å². The fourth-order valence-electron chi connectivity index (χ4n) is 3.46. The van der Waals surface area contributed by atoms with E-state index in [1.165, 1.54) is 36.8 Å². The van der Waals surface area contributed by atoms with Crippen LogP contribution in [-0.2, 0) is 0 Å². The molecule has 0 amide bonds. The molecule has 2 rings (SSSR count). The summed E-state index contributed by atoms with van der Waals surface area (Å²) >= 11 is 0. The highest BCUT2D eigenvalue weighted by atomic mass is 16.3. The summed E-state index contributed by atoms with van der Waals surface area (Å²) in [4.78, 5) is 0. The topological polar surface area (TPSA) is 20.2 Å². The van der Waals surface area contributed by atoms with Crippen LogP contribution in [0.25, 0.3) is 0 Å². The van der Waals surface area contributed by atoms with Crippen LogP contribution in [0.1, 0.15) is 46.0 Å². The molecule has 1 nitrogen and oxygen atoms in total. The average Bonchev–Trinajstić information content (AvgIpc) is 2.37. The molecule has 0 aliphatic heterocycles. The lowest BCUT2D eigenvalue weighted by atomic mass is 9.65. The second-order valence-corrected chi connectivity index (χ2v) is 6.15. The first-order valence-corrected chi connectivity index (χ1v) is 6.52.